The average Bonchev–Trinajstić information content (AvgIpc) is 2.11. The van der Waals surface area contributed by atoms with Crippen LogP contribution in [0.1, 0.15) is 13.3 Å². The molecule has 0 aromatic heterocycles. The maximum absolute atomic E-state index is 4.43. The number of amidine groups is 1. The Morgan fingerprint density at radius 1 is 1.64 bits per heavy atom. The fourth-order valence-corrected chi connectivity index (χ4v) is 1.55. The van der Waals surface area contributed by atoms with Crippen LogP contribution in [0.3, 0.4) is 0 Å². The van der Waals surface area contributed by atoms with E-state index in [1.165, 1.54) is 5.70 Å². The Balaban J connectivity index is 2.18. The van der Waals surface area contributed by atoms with Crippen molar-refractivity contribution in [1.29, 1.82) is 0 Å². The van der Waals surface area contributed by atoms with Crippen molar-refractivity contribution in [3.8, 4) is 0 Å². The highest BCUT2D eigenvalue weighted by Crippen LogP contribution is 2.09. The third-order valence-electron chi connectivity index (χ3n) is 2.02. The number of aliphatic imine (C=N–C) groups is 1. The Morgan fingerprint density at radius 2 is 2.55 bits per heavy atom. The molecule has 0 aliphatic carbocycles. The number of nitrogens with one attached hydrogen (secondary N) is 2. The lowest BCUT2D eigenvalue weighted by atomic mass is 10.2. The summed E-state index contributed by atoms with van der Waals surface area (Å²) in [5.74, 6) is 1.05. The van der Waals surface area contributed by atoms with Crippen LogP contribution in [0.2, 0.25) is 0 Å². The van der Waals surface area contributed by atoms with Gasteiger partial charge in [-0.25, -0.2) is 0 Å². The Labute approximate surface area is 66.6 Å². The van der Waals surface area contributed by atoms with E-state index < -0.39 is 0 Å². The first-order valence-electron chi connectivity index (χ1n) is 4.07. The van der Waals surface area contributed by atoms with Crippen LogP contribution in [0, 0.1) is 0 Å². The van der Waals surface area contributed by atoms with Crippen molar-refractivity contribution in [2.24, 2.45) is 4.99 Å². The number of fused-ring (bicyclic) bond motifs is 1. The molecule has 0 radical (unpaired) electrons. The van der Waals surface area contributed by atoms with Gasteiger partial charge in [-0.3, -0.25) is 4.99 Å². The lowest BCUT2D eigenvalue weighted by Gasteiger charge is -2.16. The van der Waals surface area contributed by atoms with Crippen molar-refractivity contribution in [1.82, 2.24) is 10.6 Å². The second-order valence-corrected chi connectivity index (χ2v) is 3.05. The molecule has 0 fully saturated rings. The monoisotopic (exact) mass is 151 g/mol. The van der Waals surface area contributed by atoms with Gasteiger partial charge in [-0.2, -0.15) is 0 Å². The van der Waals surface area contributed by atoms with Gasteiger partial charge in [0.15, 0.2) is 0 Å². The van der Waals surface area contributed by atoms with Crippen molar-refractivity contribution in [3.63, 3.8) is 0 Å². The van der Waals surface area contributed by atoms with Crippen molar-refractivity contribution in [3.05, 3.63) is 11.8 Å². The maximum Gasteiger partial charge on any atom is 0.0981 e. The summed E-state index contributed by atoms with van der Waals surface area (Å²) >= 11 is 0. The van der Waals surface area contributed by atoms with Gasteiger partial charge < -0.3 is 10.6 Å². The van der Waals surface area contributed by atoms with Gasteiger partial charge in [-0.15, -0.1) is 0 Å². The highest BCUT2D eigenvalue weighted by atomic mass is 15.1. The molecule has 2 aliphatic heterocycles. The molecule has 2 heterocycles. The molecule has 1 unspecified atom stereocenters. The van der Waals surface area contributed by atoms with Gasteiger partial charge in [0.05, 0.1) is 11.9 Å². The Bertz CT molecular complexity index is 217. The van der Waals surface area contributed by atoms with E-state index in [0.717, 1.165) is 25.3 Å². The molecule has 2 rings (SSSR count). The predicted molar refractivity (Wildman–Crippen MR) is 45.6 cm³/mol. The summed E-state index contributed by atoms with van der Waals surface area (Å²) in [7, 11) is 0. The van der Waals surface area contributed by atoms with E-state index in [0.29, 0.717) is 6.04 Å². The van der Waals surface area contributed by atoms with E-state index in [9.17, 15) is 0 Å². The molecule has 2 aliphatic rings. The topological polar surface area (TPSA) is 36.4 Å². The minimum Gasteiger partial charge on any atom is -0.348 e. The van der Waals surface area contributed by atoms with E-state index in [2.05, 4.69) is 21.7 Å². The fourth-order valence-electron chi connectivity index (χ4n) is 1.55. The minimum absolute atomic E-state index is 0.369. The van der Waals surface area contributed by atoms with Crippen LogP contribution in [0.4, 0.5) is 0 Å². The molecule has 0 spiro atoms. The van der Waals surface area contributed by atoms with Crippen LogP contribution in [-0.2, 0) is 0 Å². The molecule has 0 aromatic rings. The molecule has 11 heavy (non-hydrogen) atoms. The summed E-state index contributed by atoms with van der Waals surface area (Å²) in [6, 6.07) is 0.369. The smallest absolute Gasteiger partial charge is 0.0981 e. The first kappa shape index (κ1) is 6.85. The van der Waals surface area contributed by atoms with E-state index >= 15 is 0 Å². The van der Waals surface area contributed by atoms with Gasteiger partial charge in [0.25, 0.3) is 0 Å². The Morgan fingerprint density at radius 3 is 3.45 bits per heavy atom. The van der Waals surface area contributed by atoms with Gasteiger partial charge in [0, 0.05) is 18.8 Å². The van der Waals surface area contributed by atoms with E-state index in [1.807, 2.05) is 6.92 Å². The minimum atomic E-state index is 0.369. The largest absolute Gasteiger partial charge is 0.348 e. The fraction of sp³-hybridized carbons (Fsp3) is 0.625. The summed E-state index contributed by atoms with van der Waals surface area (Å²) in [6.45, 7) is 4.08. The zero-order valence-electron chi connectivity index (χ0n) is 6.72. The molecule has 0 saturated heterocycles. The summed E-state index contributed by atoms with van der Waals surface area (Å²) in [4.78, 5) is 4.43. The van der Waals surface area contributed by atoms with Gasteiger partial charge in [-0.05, 0) is 19.4 Å². The zero-order valence-corrected chi connectivity index (χ0v) is 6.72. The highest BCUT2D eigenvalue weighted by Gasteiger charge is 2.14. The molecule has 0 aromatic carbocycles. The normalized spacial score (nSPS) is 29.7. The molecule has 1 atom stereocenters. The van der Waals surface area contributed by atoms with Crippen molar-refractivity contribution in [2.75, 3.05) is 13.1 Å². The van der Waals surface area contributed by atoms with Crippen LogP contribution in [-0.4, -0.2) is 25.0 Å². The first-order chi connectivity index (χ1) is 5.34. The molecular weight excluding hydrogens is 138 g/mol. The summed E-state index contributed by atoms with van der Waals surface area (Å²) in [5.41, 5.74) is 1.33. The standard InChI is InChI=1S/C8H13N3/c1-6-10-7-2-3-9-5-8(4-7)11-6/h4,8-9H,2-3,5H2,1H3,(H,10,11). The summed E-state index contributed by atoms with van der Waals surface area (Å²) < 4.78 is 0. The first-order valence-corrected chi connectivity index (χ1v) is 4.07. The molecule has 60 valence electrons. The van der Waals surface area contributed by atoms with Gasteiger partial charge >= 0.3 is 0 Å². The van der Waals surface area contributed by atoms with Crippen LogP contribution in [0.15, 0.2) is 16.8 Å². The predicted octanol–water partition coefficient (Wildman–Crippen LogP) is 0.254. The third kappa shape index (κ3) is 1.43. The van der Waals surface area contributed by atoms with E-state index in [1.54, 1.807) is 0 Å². The lowest BCUT2D eigenvalue weighted by molar-refractivity contribution is 0.666. The molecule has 3 heteroatoms. The van der Waals surface area contributed by atoms with Crippen molar-refractivity contribution in [2.45, 2.75) is 19.4 Å². The zero-order chi connectivity index (χ0) is 7.68. The van der Waals surface area contributed by atoms with Crippen LogP contribution >= 0.6 is 0 Å². The van der Waals surface area contributed by atoms with Crippen LogP contribution in [0.25, 0.3) is 0 Å². The van der Waals surface area contributed by atoms with Crippen LogP contribution in [0.5, 0.6) is 0 Å². The van der Waals surface area contributed by atoms with E-state index in [-0.39, 0.29) is 0 Å². The second kappa shape index (κ2) is 2.66. The van der Waals surface area contributed by atoms with Gasteiger partial charge in [0.1, 0.15) is 0 Å². The quantitative estimate of drug-likeness (QED) is 0.521. The molecule has 0 saturated carbocycles. The van der Waals surface area contributed by atoms with Gasteiger partial charge in [-0.1, -0.05) is 0 Å². The highest BCUT2D eigenvalue weighted by molar-refractivity contribution is 5.82. The number of hydrogen-bond donors (Lipinski definition) is 2. The van der Waals surface area contributed by atoms with Crippen LogP contribution < -0.4 is 10.6 Å². The Kier molecular flexibility index (Phi) is 1.66. The van der Waals surface area contributed by atoms with Gasteiger partial charge in [0.2, 0.25) is 0 Å². The molecule has 2 bridgehead atoms. The number of rotatable bonds is 0. The van der Waals surface area contributed by atoms with Crippen molar-refractivity contribution >= 4 is 5.84 Å². The maximum atomic E-state index is 4.43. The number of hydrogen-bond acceptors (Lipinski definition) is 3. The van der Waals surface area contributed by atoms with E-state index in [4.69, 9.17) is 0 Å². The number of nitrogens with zero attached hydrogens (tertiary/aromatic N) is 1. The molecular formula is C8H13N3. The SMILES string of the molecule is CC1=NC2C=C(CCNC2)N1. The second-order valence-electron chi connectivity index (χ2n) is 3.05. The average molecular weight is 151 g/mol. The molecule has 3 nitrogen and oxygen atoms in total. The summed E-state index contributed by atoms with van der Waals surface area (Å²) in [5, 5.41) is 6.60. The molecule has 2 N–H and O–H groups in total. The third-order valence-corrected chi connectivity index (χ3v) is 2.02. The lowest BCUT2D eigenvalue weighted by Crippen LogP contribution is -2.28. The molecule has 0 amide bonds. The van der Waals surface area contributed by atoms with Crippen molar-refractivity contribution < 1.29 is 0 Å². The summed E-state index contributed by atoms with van der Waals surface area (Å²) in [6.07, 6.45) is 3.32. The Hall–Kier alpha value is -0.830.